The van der Waals surface area contributed by atoms with Gasteiger partial charge >= 0.3 is 0 Å². The third-order valence-electron chi connectivity index (χ3n) is 3.91. The molecule has 1 saturated carbocycles. The van der Waals surface area contributed by atoms with E-state index in [0.29, 0.717) is 6.54 Å². The minimum atomic E-state index is 0.184. The van der Waals surface area contributed by atoms with Crippen molar-refractivity contribution in [3.05, 3.63) is 47.1 Å². The summed E-state index contributed by atoms with van der Waals surface area (Å²) in [7, 11) is 0. The number of carbonyl (C=O) groups excluding carboxylic acids is 1. The topological polar surface area (TPSA) is 46.4 Å². The second kappa shape index (κ2) is 5.25. The van der Waals surface area contributed by atoms with E-state index in [1.807, 2.05) is 12.1 Å². The molecule has 0 unspecified atom stereocenters. The van der Waals surface area contributed by atoms with Crippen LogP contribution in [0.3, 0.4) is 0 Å². The molecule has 5 heteroatoms. The highest BCUT2D eigenvalue weighted by Crippen LogP contribution is 2.29. The Kier molecular flexibility index (Phi) is 3.22. The largest absolute Gasteiger partial charge is 0.352 e. The molecule has 0 radical (unpaired) electrons. The lowest BCUT2D eigenvalue weighted by atomic mass is 10.1. The van der Waals surface area contributed by atoms with E-state index < -0.39 is 0 Å². The predicted octanol–water partition coefficient (Wildman–Crippen LogP) is 3.40. The summed E-state index contributed by atoms with van der Waals surface area (Å²) in [6.45, 7) is 2.67. The van der Waals surface area contributed by atoms with E-state index in [4.69, 9.17) is 0 Å². The average Bonchev–Trinajstić information content (AvgIpc) is 3.20. The Balaban J connectivity index is 1.54. The summed E-state index contributed by atoms with van der Waals surface area (Å²) >= 11 is 1.69. The van der Waals surface area contributed by atoms with Gasteiger partial charge in [0.15, 0.2) is 4.96 Å². The summed E-state index contributed by atoms with van der Waals surface area (Å²) in [6, 6.07) is 8.23. The van der Waals surface area contributed by atoms with Crippen LogP contribution in [0.2, 0.25) is 0 Å². The highest BCUT2D eigenvalue weighted by Gasteiger charge is 2.29. The number of aryl methyl sites for hydroxylation is 1. The fourth-order valence-electron chi connectivity index (χ4n) is 2.57. The van der Waals surface area contributed by atoms with Gasteiger partial charge in [0.25, 0.3) is 0 Å². The van der Waals surface area contributed by atoms with Crippen LogP contribution in [0.1, 0.15) is 23.3 Å². The number of benzene rings is 1. The van der Waals surface area contributed by atoms with Gasteiger partial charge in [-0.3, -0.25) is 9.20 Å². The molecule has 1 aliphatic carbocycles. The molecule has 0 bridgehead atoms. The molecule has 4 rings (SSSR count). The van der Waals surface area contributed by atoms with Gasteiger partial charge in [-0.05, 0) is 31.4 Å². The van der Waals surface area contributed by atoms with Gasteiger partial charge in [0.1, 0.15) is 0 Å². The number of rotatable bonds is 4. The summed E-state index contributed by atoms with van der Waals surface area (Å²) < 4.78 is 2.07. The monoisotopic (exact) mass is 311 g/mol. The van der Waals surface area contributed by atoms with Gasteiger partial charge < -0.3 is 5.32 Å². The first kappa shape index (κ1) is 13.5. The van der Waals surface area contributed by atoms with Crippen LogP contribution in [0.25, 0.3) is 16.2 Å². The molecule has 2 aromatic heterocycles. The van der Waals surface area contributed by atoms with Crippen LogP contribution in [0.4, 0.5) is 0 Å². The quantitative estimate of drug-likeness (QED) is 0.802. The fourth-order valence-corrected chi connectivity index (χ4v) is 3.38. The van der Waals surface area contributed by atoms with Crippen LogP contribution in [0.5, 0.6) is 0 Å². The summed E-state index contributed by atoms with van der Waals surface area (Å²) in [6.07, 6.45) is 6.23. The first-order valence-corrected chi connectivity index (χ1v) is 8.33. The van der Waals surface area contributed by atoms with Gasteiger partial charge in [0, 0.05) is 35.3 Å². The lowest BCUT2D eigenvalue weighted by molar-refractivity contribution is -0.122. The molecule has 0 aliphatic heterocycles. The summed E-state index contributed by atoms with van der Waals surface area (Å²) in [4.78, 5) is 18.7. The molecule has 1 N–H and O–H groups in total. The zero-order valence-electron chi connectivity index (χ0n) is 12.4. The van der Waals surface area contributed by atoms with Crippen molar-refractivity contribution in [1.29, 1.82) is 0 Å². The minimum absolute atomic E-state index is 0.184. The molecule has 112 valence electrons. The van der Waals surface area contributed by atoms with Crippen molar-refractivity contribution >= 4 is 22.2 Å². The third-order valence-corrected chi connectivity index (χ3v) is 4.82. The molecule has 0 atom stereocenters. The maximum atomic E-state index is 11.7. The van der Waals surface area contributed by atoms with Crippen molar-refractivity contribution in [2.24, 2.45) is 5.92 Å². The van der Waals surface area contributed by atoms with Gasteiger partial charge in [-0.15, -0.1) is 11.3 Å². The van der Waals surface area contributed by atoms with E-state index in [1.165, 1.54) is 4.88 Å². The summed E-state index contributed by atoms with van der Waals surface area (Å²) in [5.74, 6) is 0.440. The molecule has 0 saturated heterocycles. The normalized spacial score (nSPS) is 14.4. The van der Waals surface area contributed by atoms with Crippen LogP contribution in [-0.4, -0.2) is 15.3 Å². The van der Waals surface area contributed by atoms with E-state index >= 15 is 0 Å². The van der Waals surface area contributed by atoms with Gasteiger partial charge in [-0.2, -0.15) is 0 Å². The van der Waals surface area contributed by atoms with Crippen LogP contribution < -0.4 is 5.32 Å². The number of hydrogen-bond donors (Lipinski definition) is 1. The number of fused-ring (bicyclic) bond motifs is 1. The van der Waals surface area contributed by atoms with Crippen molar-refractivity contribution in [1.82, 2.24) is 14.7 Å². The lowest BCUT2D eigenvalue weighted by Crippen LogP contribution is -2.24. The predicted molar refractivity (Wildman–Crippen MR) is 87.8 cm³/mol. The smallest absolute Gasteiger partial charge is 0.223 e. The van der Waals surface area contributed by atoms with Crippen molar-refractivity contribution in [2.45, 2.75) is 26.3 Å². The first-order chi connectivity index (χ1) is 10.7. The molecule has 3 aromatic rings. The van der Waals surface area contributed by atoms with Crippen molar-refractivity contribution in [3.8, 4) is 11.3 Å². The zero-order valence-corrected chi connectivity index (χ0v) is 13.2. The number of imidazole rings is 1. The molecule has 22 heavy (non-hydrogen) atoms. The zero-order chi connectivity index (χ0) is 15.1. The maximum absolute atomic E-state index is 11.7. The Morgan fingerprint density at radius 3 is 3.05 bits per heavy atom. The van der Waals surface area contributed by atoms with Crippen LogP contribution in [0, 0.1) is 12.8 Å². The SMILES string of the molecule is Cc1cn2cc(-c3cccc(CNC(=O)C4CC4)c3)nc2s1. The summed E-state index contributed by atoms with van der Waals surface area (Å²) in [5, 5.41) is 3.01. The third kappa shape index (κ3) is 2.64. The number of thiazole rings is 1. The Morgan fingerprint density at radius 1 is 1.41 bits per heavy atom. The molecule has 1 fully saturated rings. The first-order valence-electron chi connectivity index (χ1n) is 7.51. The van der Waals surface area contributed by atoms with E-state index in [9.17, 15) is 4.79 Å². The molecule has 1 aliphatic rings. The fraction of sp³-hybridized carbons (Fsp3) is 0.294. The number of hydrogen-bond acceptors (Lipinski definition) is 3. The molecule has 1 amide bonds. The van der Waals surface area contributed by atoms with Crippen LogP contribution in [-0.2, 0) is 11.3 Å². The Labute approximate surface area is 132 Å². The van der Waals surface area contributed by atoms with E-state index in [-0.39, 0.29) is 11.8 Å². The number of nitrogens with zero attached hydrogens (tertiary/aromatic N) is 2. The Hall–Kier alpha value is -2.14. The molecular formula is C17H17N3OS. The minimum Gasteiger partial charge on any atom is -0.352 e. The van der Waals surface area contributed by atoms with E-state index in [0.717, 1.165) is 34.6 Å². The number of carbonyl (C=O) groups is 1. The highest BCUT2D eigenvalue weighted by molar-refractivity contribution is 7.17. The highest BCUT2D eigenvalue weighted by atomic mass is 32.1. The average molecular weight is 311 g/mol. The number of aromatic nitrogens is 2. The molecule has 1 aromatic carbocycles. The van der Waals surface area contributed by atoms with Crippen molar-refractivity contribution < 1.29 is 4.79 Å². The second-order valence-electron chi connectivity index (χ2n) is 5.85. The second-order valence-corrected chi connectivity index (χ2v) is 7.06. The Morgan fingerprint density at radius 2 is 2.27 bits per heavy atom. The van der Waals surface area contributed by atoms with E-state index in [2.05, 4.69) is 46.2 Å². The van der Waals surface area contributed by atoms with Gasteiger partial charge in [0.05, 0.1) is 5.69 Å². The Bertz CT molecular complexity index is 813. The van der Waals surface area contributed by atoms with Gasteiger partial charge in [-0.25, -0.2) is 4.98 Å². The van der Waals surface area contributed by atoms with Crippen LogP contribution in [0.15, 0.2) is 36.7 Å². The number of nitrogens with one attached hydrogen (secondary N) is 1. The molecule has 2 heterocycles. The van der Waals surface area contributed by atoms with Crippen LogP contribution >= 0.6 is 11.3 Å². The van der Waals surface area contributed by atoms with Gasteiger partial charge in [-0.1, -0.05) is 18.2 Å². The standard InChI is InChI=1S/C17H17N3OS/c1-11-9-20-10-15(19-17(20)22-11)14-4-2-3-12(7-14)8-18-16(21)13-5-6-13/h2-4,7,9-10,13H,5-6,8H2,1H3,(H,18,21). The molecular weight excluding hydrogens is 294 g/mol. The van der Waals surface area contributed by atoms with Gasteiger partial charge in [0.2, 0.25) is 5.91 Å². The van der Waals surface area contributed by atoms with Crippen molar-refractivity contribution in [3.63, 3.8) is 0 Å². The van der Waals surface area contributed by atoms with Crippen molar-refractivity contribution in [2.75, 3.05) is 0 Å². The lowest BCUT2D eigenvalue weighted by Gasteiger charge is -2.05. The van der Waals surface area contributed by atoms with E-state index in [1.54, 1.807) is 11.3 Å². The maximum Gasteiger partial charge on any atom is 0.223 e. The molecule has 4 nitrogen and oxygen atoms in total. The summed E-state index contributed by atoms with van der Waals surface area (Å²) in [5.41, 5.74) is 3.17. The molecule has 0 spiro atoms. The number of amides is 1.